The standard InChI is InChI=1S/C9H12O2Si/c1-2-9(10)11-12-8-6-4-3-5-7-8/h3-7H,2,12H2,1H3. The third kappa shape index (κ3) is 2.88. The predicted molar refractivity (Wildman–Crippen MR) is 51.0 cm³/mol. The summed E-state index contributed by atoms with van der Waals surface area (Å²) in [5, 5.41) is 1.17. The summed E-state index contributed by atoms with van der Waals surface area (Å²) in [5.74, 6) is -0.0921. The second-order valence-corrected chi connectivity index (χ2v) is 3.89. The molecule has 2 nitrogen and oxygen atoms in total. The number of benzene rings is 1. The quantitative estimate of drug-likeness (QED) is 0.627. The number of rotatable bonds is 3. The highest BCUT2D eigenvalue weighted by molar-refractivity contribution is 6.48. The highest BCUT2D eigenvalue weighted by atomic mass is 28.2. The Hall–Kier alpha value is -1.09. The van der Waals surface area contributed by atoms with Crippen molar-refractivity contribution in [3.05, 3.63) is 30.3 Å². The molecule has 0 aliphatic heterocycles. The van der Waals surface area contributed by atoms with Crippen LogP contribution in [-0.4, -0.2) is 15.7 Å². The van der Waals surface area contributed by atoms with Gasteiger partial charge in [-0.15, -0.1) is 0 Å². The molecule has 0 fully saturated rings. The molecule has 0 saturated carbocycles. The van der Waals surface area contributed by atoms with Crippen LogP contribution in [0.2, 0.25) is 0 Å². The molecule has 0 spiro atoms. The maximum absolute atomic E-state index is 10.8. The van der Waals surface area contributed by atoms with E-state index < -0.39 is 9.76 Å². The lowest BCUT2D eigenvalue weighted by atomic mass is 10.4. The second-order valence-electron chi connectivity index (χ2n) is 2.50. The van der Waals surface area contributed by atoms with Gasteiger partial charge in [0.1, 0.15) is 0 Å². The maximum Gasteiger partial charge on any atom is 0.292 e. The third-order valence-electron chi connectivity index (χ3n) is 1.53. The van der Waals surface area contributed by atoms with Crippen LogP contribution in [0.3, 0.4) is 0 Å². The van der Waals surface area contributed by atoms with Crippen LogP contribution in [0, 0.1) is 0 Å². The van der Waals surface area contributed by atoms with Crippen molar-refractivity contribution in [3.63, 3.8) is 0 Å². The fraction of sp³-hybridized carbons (Fsp3) is 0.222. The molecule has 0 atom stereocenters. The minimum absolute atomic E-state index is 0.0921. The lowest BCUT2D eigenvalue weighted by molar-refractivity contribution is -0.133. The Balaban J connectivity index is 2.38. The highest BCUT2D eigenvalue weighted by Gasteiger charge is 1.98. The maximum atomic E-state index is 10.8. The first kappa shape index (κ1) is 9.00. The molecule has 0 aromatic heterocycles. The molecule has 0 heterocycles. The van der Waals surface area contributed by atoms with Gasteiger partial charge in [-0.05, 0) is 5.19 Å². The smallest absolute Gasteiger partial charge is 0.292 e. The first-order valence-electron chi connectivity index (χ1n) is 4.02. The van der Waals surface area contributed by atoms with Crippen LogP contribution in [0.1, 0.15) is 13.3 Å². The van der Waals surface area contributed by atoms with Crippen LogP contribution >= 0.6 is 0 Å². The Labute approximate surface area is 74.5 Å². The molecular weight excluding hydrogens is 168 g/mol. The number of hydrogen-bond acceptors (Lipinski definition) is 2. The van der Waals surface area contributed by atoms with Crippen molar-refractivity contribution in [1.82, 2.24) is 0 Å². The Kier molecular flexibility index (Phi) is 3.54. The molecule has 0 radical (unpaired) electrons. The van der Waals surface area contributed by atoms with Crippen molar-refractivity contribution in [2.75, 3.05) is 0 Å². The van der Waals surface area contributed by atoms with Crippen molar-refractivity contribution in [3.8, 4) is 0 Å². The molecule has 12 heavy (non-hydrogen) atoms. The third-order valence-corrected chi connectivity index (χ3v) is 2.80. The molecule has 0 aliphatic carbocycles. The van der Waals surface area contributed by atoms with Crippen molar-refractivity contribution in [2.45, 2.75) is 13.3 Å². The minimum Gasteiger partial charge on any atom is -0.520 e. The largest absolute Gasteiger partial charge is 0.520 e. The average molecular weight is 180 g/mol. The van der Waals surface area contributed by atoms with Crippen LogP contribution in [0.25, 0.3) is 0 Å². The van der Waals surface area contributed by atoms with Crippen LogP contribution in [0.15, 0.2) is 30.3 Å². The Morgan fingerprint density at radius 3 is 2.67 bits per heavy atom. The number of carbonyl (C=O) groups is 1. The summed E-state index contributed by atoms with van der Waals surface area (Å²) in [5.41, 5.74) is 0. The van der Waals surface area contributed by atoms with E-state index >= 15 is 0 Å². The highest BCUT2D eigenvalue weighted by Crippen LogP contribution is 1.85. The van der Waals surface area contributed by atoms with E-state index in [9.17, 15) is 4.79 Å². The molecule has 0 saturated heterocycles. The fourth-order valence-corrected chi connectivity index (χ4v) is 1.84. The lowest BCUT2D eigenvalue weighted by Crippen LogP contribution is -2.20. The van der Waals surface area contributed by atoms with Crippen LogP contribution in [-0.2, 0) is 9.22 Å². The molecule has 3 heteroatoms. The van der Waals surface area contributed by atoms with E-state index in [1.54, 1.807) is 0 Å². The van der Waals surface area contributed by atoms with E-state index in [1.807, 2.05) is 37.3 Å². The van der Waals surface area contributed by atoms with Gasteiger partial charge < -0.3 is 4.43 Å². The molecule has 1 aromatic rings. The summed E-state index contributed by atoms with van der Waals surface area (Å²) in [6.07, 6.45) is 0.472. The Morgan fingerprint density at radius 2 is 2.08 bits per heavy atom. The Morgan fingerprint density at radius 1 is 1.42 bits per heavy atom. The lowest BCUT2D eigenvalue weighted by Gasteiger charge is -2.01. The molecule has 0 N–H and O–H groups in total. The van der Waals surface area contributed by atoms with Crippen LogP contribution in [0.5, 0.6) is 0 Å². The summed E-state index contributed by atoms with van der Waals surface area (Å²) in [7, 11) is -0.819. The van der Waals surface area contributed by atoms with Crippen molar-refractivity contribution < 1.29 is 9.22 Å². The van der Waals surface area contributed by atoms with Gasteiger partial charge in [-0.3, -0.25) is 4.79 Å². The van der Waals surface area contributed by atoms with Gasteiger partial charge >= 0.3 is 0 Å². The number of hydrogen-bond donors (Lipinski definition) is 0. The van der Waals surface area contributed by atoms with E-state index in [2.05, 4.69) is 0 Å². The summed E-state index contributed by atoms with van der Waals surface area (Å²) < 4.78 is 5.08. The second kappa shape index (κ2) is 4.72. The zero-order chi connectivity index (χ0) is 8.81. The first-order chi connectivity index (χ1) is 5.83. The SMILES string of the molecule is CCC(=O)O[SiH2]c1ccccc1. The minimum atomic E-state index is -0.819. The summed E-state index contributed by atoms with van der Waals surface area (Å²) in [6, 6.07) is 9.87. The van der Waals surface area contributed by atoms with Gasteiger partial charge in [0, 0.05) is 6.42 Å². The van der Waals surface area contributed by atoms with E-state index in [1.165, 1.54) is 5.19 Å². The molecule has 64 valence electrons. The van der Waals surface area contributed by atoms with Crippen molar-refractivity contribution in [2.24, 2.45) is 0 Å². The predicted octanol–water partition coefficient (Wildman–Crippen LogP) is 0.349. The molecule has 0 bridgehead atoms. The zero-order valence-corrected chi connectivity index (χ0v) is 8.53. The van der Waals surface area contributed by atoms with E-state index in [-0.39, 0.29) is 5.97 Å². The van der Waals surface area contributed by atoms with E-state index in [4.69, 9.17) is 4.43 Å². The van der Waals surface area contributed by atoms with Crippen LogP contribution < -0.4 is 5.19 Å². The number of carbonyl (C=O) groups excluding carboxylic acids is 1. The summed E-state index contributed by atoms with van der Waals surface area (Å²) in [6.45, 7) is 1.81. The van der Waals surface area contributed by atoms with Gasteiger partial charge in [0.15, 0.2) is 0 Å². The van der Waals surface area contributed by atoms with Crippen molar-refractivity contribution >= 4 is 20.9 Å². The summed E-state index contributed by atoms with van der Waals surface area (Å²) >= 11 is 0. The topological polar surface area (TPSA) is 26.3 Å². The Bertz CT molecular complexity index is 246. The zero-order valence-electron chi connectivity index (χ0n) is 7.12. The van der Waals surface area contributed by atoms with Gasteiger partial charge in [-0.25, -0.2) is 0 Å². The van der Waals surface area contributed by atoms with Crippen molar-refractivity contribution in [1.29, 1.82) is 0 Å². The molecule has 1 rings (SSSR count). The molecule has 0 aliphatic rings. The first-order valence-corrected chi connectivity index (χ1v) is 5.31. The molecule has 0 unspecified atom stereocenters. The van der Waals surface area contributed by atoms with Gasteiger partial charge in [-0.1, -0.05) is 37.3 Å². The van der Waals surface area contributed by atoms with Gasteiger partial charge in [0.2, 0.25) is 0 Å². The normalized spacial score (nSPS) is 10.4. The van der Waals surface area contributed by atoms with Gasteiger partial charge in [0.05, 0.1) is 0 Å². The van der Waals surface area contributed by atoms with E-state index in [0.717, 1.165) is 0 Å². The summed E-state index contributed by atoms with van der Waals surface area (Å²) in [4.78, 5) is 10.8. The monoisotopic (exact) mass is 180 g/mol. The van der Waals surface area contributed by atoms with Gasteiger partial charge in [-0.2, -0.15) is 0 Å². The molecular formula is C9H12O2Si. The molecule has 1 aromatic carbocycles. The molecule has 0 amide bonds. The fourth-order valence-electron chi connectivity index (χ4n) is 0.840. The van der Waals surface area contributed by atoms with E-state index in [0.29, 0.717) is 6.42 Å². The average Bonchev–Trinajstić information content (AvgIpc) is 2.16. The van der Waals surface area contributed by atoms with Gasteiger partial charge in [0.25, 0.3) is 15.7 Å². The van der Waals surface area contributed by atoms with Crippen LogP contribution in [0.4, 0.5) is 0 Å².